The van der Waals surface area contributed by atoms with Crippen molar-refractivity contribution in [1.29, 1.82) is 0 Å². The number of likely N-dealkylation sites (tertiary alicyclic amines) is 1. The third-order valence-corrected chi connectivity index (χ3v) is 3.30. The molecule has 2 rings (SSSR count). The zero-order valence-corrected chi connectivity index (χ0v) is 13.3. The predicted molar refractivity (Wildman–Crippen MR) is 82.9 cm³/mol. The van der Waals surface area contributed by atoms with E-state index in [1.807, 2.05) is 0 Å². The Kier molecular flexibility index (Phi) is 4.72. The van der Waals surface area contributed by atoms with Crippen LogP contribution >= 0.6 is 0 Å². The van der Waals surface area contributed by atoms with Gasteiger partial charge in [-0.2, -0.15) is 0 Å². The van der Waals surface area contributed by atoms with E-state index in [1.165, 1.54) is 12.1 Å². The van der Waals surface area contributed by atoms with Crippen LogP contribution in [-0.2, 0) is 4.74 Å². The number of nitrogens with zero attached hydrogens (tertiary/aromatic N) is 2. The van der Waals surface area contributed by atoms with Gasteiger partial charge in [0.05, 0.1) is 11.0 Å². The second-order valence-electron chi connectivity index (χ2n) is 6.51. The quantitative estimate of drug-likeness (QED) is 0.681. The Hall–Kier alpha value is -2.38. The lowest BCUT2D eigenvalue weighted by atomic mass is 10.2. The van der Waals surface area contributed by atoms with Crippen LogP contribution in [0.4, 0.5) is 20.6 Å². The van der Waals surface area contributed by atoms with Gasteiger partial charge in [-0.1, -0.05) is 0 Å². The highest BCUT2D eigenvalue weighted by Gasteiger charge is 2.30. The van der Waals surface area contributed by atoms with E-state index in [9.17, 15) is 19.3 Å². The number of benzene rings is 1. The van der Waals surface area contributed by atoms with Gasteiger partial charge >= 0.3 is 6.09 Å². The van der Waals surface area contributed by atoms with E-state index in [0.717, 1.165) is 6.07 Å². The fourth-order valence-corrected chi connectivity index (χ4v) is 2.37. The molecule has 1 N–H and O–H groups in total. The number of amides is 1. The minimum atomic E-state index is -0.677. The number of rotatable bonds is 3. The smallest absolute Gasteiger partial charge is 0.410 e. The average Bonchev–Trinajstić information content (AvgIpc) is 2.84. The molecule has 1 unspecified atom stereocenters. The first-order chi connectivity index (χ1) is 10.6. The normalized spacial score (nSPS) is 17.9. The maximum atomic E-state index is 13.4. The van der Waals surface area contributed by atoms with E-state index in [-0.39, 0.29) is 11.7 Å². The Bertz CT molecular complexity index is 615. The number of halogens is 1. The lowest BCUT2D eigenvalue weighted by molar-refractivity contribution is -0.385. The van der Waals surface area contributed by atoms with Gasteiger partial charge in [0.15, 0.2) is 0 Å². The standard InChI is InChI=1S/C15H20FN3O4/c1-15(2,3)23-14(20)18-5-4-11(9-18)17-12-6-10(16)7-13(8-12)19(21)22/h6-8,11,17H,4-5,9H2,1-3H3. The zero-order chi connectivity index (χ0) is 17.2. The molecule has 0 spiro atoms. The van der Waals surface area contributed by atoms with Gasteiger partial charge in [-0.25, -0.2) is 9.18 Å². The van der Waals surface area contributed by atoms with Gasteiger partial charge < -0.3 is 15.0 Å². The summed E-state index contributed by atoms with van der Waals surface area (Å²) >= 11 is 0. The molecule has 1 saturated heterocycles. The fraction of sp³-hybridized carbons (Fsp3) is 0.533. The number of nitro benzene ring substituents is 1. The van der Waals surface area contributed by atoms with Gasteiger partial charge in [-0.15, -0.1) is 0 Å². The van der Waals surface area contributed by atoms with Crippen LogP contribution in [0.1, 0.15) is 27.2 Å². The van der Waals surface area contributed by atoms with Gasteiger partial charge in [0, 0.05) is 30.9 Å². The Balaban J connectivity index is 1.98. The van der Waals surface area contributed by atoms with Crippen molar-refractivity contribution in [1.82, 2.24) is 4.90 Å². The van der Waals surface area contributed by atoms with E-state index in [2.05, 4.69) is 5.32 Å². The first kappa shape index (κ1) is 17.0. The van der Waals surface area contributed by atoms with Crippen molar-refractivity contribution in [2.75, 3.05) is 18.4 Å². The molecule has 126 valence electrons. The summed E-state index contributed by atoms with van der Waals surface area (Å²) in [5, 5.41) is 13.8. The maximum absolute atomic E-state index is 13.4. The number of carbonyl (C=O) groups excluding carboxylic acids is 1. The molecule has 1 fully saturated rings. The molecule has 1 atom stereocenters. The summed E-state index contributed by atoms with van der Waals surface area (Å²) in [5.74, 6) is -0.677. The molecule has 1 amide bonds. The van der Waals surface area contributed by atoms with Crippen molar-refractivity contribution in [2.45, 2.75) is 38.8 Å². The second-order valence-corrected chi connectivity index (χ2v) is 6.51. The van der Waals surface area contributed by atoms with Crippen molar-refractivity contribution in [3.8, 4) is 0 Å². The Labute approximate surface area is 133 Å². The molecule has 1 aromatic rings. The Morgan fingerprint density at radius 1 is 1.43 bits per heavy atom. The van der Waals surface area contributed by atoms with Gasteiger partial charge in [0.1, 0.15) is 11.4 Å². The van der Waals surface area contributed by atoms with Crippen LogP contribution in [0.2, 0.25) is 0 Å². The topological polar surface area (TPSA) is 84.7 Å². The number of hydrogen-bond acceptors (Lipinski definition) is 5. The number of nitrogens with one attached hydrogen (secondary N) is 1. The van der Waals surface area contributed by atoms with Crippen LogP contribution in [0, 0.1) is 15.9 Å². The van der Waals surface area contributed by atoms with Crippen LogP contribution in [-0.4, -0.2) is 40.6 Å². The molecular formula is C15H20FN3O4. The molecule has 23 heavy (non-hydrogen) atoms. The molecule has 7 nitrogen and oxygen atoms in total. The number of hydrogen-bond donors (Lipinski definition) is 1. The summed E-state index contributed by atoms with van der Waals surface area (Å²) in [6.07, 6.45) is 0.260. The highest BCUT2D eigenvalue weighted by Crippen LogP contribution is 2.23. The highest BCUT2D eigenvalue weighted by atomic mass is 19.1. The third kappa shape index (κ3) is 4.80. The molecule has 0 aromatic heterocycles. The monoisotopic (exact) mass is 325 g/mol. The number of non-ortho nitro benzene ring substituents is 1. The van der Waals surface area contributed by atoms with Crippen molar-refractivity contribution < 1.29 is 18.8 Å². The van der Waals surface area contributed by atoms with Crippen LogP contribution < -0.4 is 5.32 Å². The summed E-state index contributed by atoms with van der Waals surface area (Å²) in [6, 6.07) is 3.23. The molecule has 1 aliphatic heterocycles. The van der Waals surface area contributed by atoms with Crippen molar-refractivity contribution in [3.05, 3.63) is 34.1 Å². The number of carbonyl (C=O) groups is 1. The minimum absolute atomic E-state index is 0.107. The maximum Gasteiger partial charge on any atom is 0.410 e. The van der Waals surface area contributed by atoms with Gasteiger partial charge in [0.2, 0.25) is 0 Å². The first-order valence-corrected chi connectivity index (χ1v) is 7.33. The summed E-state index contributed by atoms with van der Waals surface area (Å²) < 4.78 is 18.7. The lowest BCUT2D eigenvalue weighted by Gasteiger charge is -2.24. The first-order valence-electron chi connectivity index (χ1n) is 7.33. The third-order valence-electron chi connectivity index (χ3n) is 3.30. The predicted octanol–water partition coefficient (Wildman–Crippen LogP) is 3.16. The molecular weight excluding hydrogens is 305 g/mol. The van der Waals surface area contributed by atoms with E-state index in [1.54, 1.807) is 25.7 Å². The molecule has 0 aliphatic carbocycles. The second kappa shape index (κ2) is 6.39. The number of anilines is 1. The zero-order valence-electron chi connectivity index (χ0n) is 13.3. The summed E-state index contributed by atoms with van der Waals surface area (Å²) in [6.45, 7) is 6.30. The molecule has 1 aromatic carbocycles. The van der Waals surface area contributed by atoms with Gasteiger partial charge in [-0.05, 0) is 33.3 Å². The Morgan fingerprint density at radius 2 is 2.13 bits per heavy atom. The molecule has 0 bridgehead atoms. The lowest BCUT2D eigenvalue weighted by Crippen LogP contribution is -2.36. The van der Waals surface area contributed by atoms with Gasteiger partial charge in [0.25, 0.3) is 5.69 Å². The van der Waals surface area contributed by atoms with E-state index < -0.39 is 22.4 Å². The average molecular weight is 325 g/mol. The van der Waals surface area contributed by atoms with Gasteiger partial charge in [-0.3, -0.25) is 10.1 Å². The van der Waals surface area contributed by atoms with Crippen LogP contribution in [0.3, 0.4) is 0 Å². The fourth-order valence-electron chi connectivity index (χ4n) is 2.37. The number of ether oxygens (including phenoxy) is 1. The largest absolute Gasteiger partial charge is 0.444 e. The van der Waals surface area contributed by atoms with E-state index in [0.29, 0.717) is 25.2 Å². The van der Waals surface area contributed by atoms with Crippen LogP contribution in [0.25, 0.3) is 0 Å². The molecule has 0 radical (unpaired) electrons. The summed E-state index contributed by atoms with van der Waals surface area (Å²) in [5.41, 5.74) is -0.548. The summed E-state index contributed by atoms with van der Waals surface area (Å²) in [4.78, 5) is 23.7. The molecule has 8 heteroatoms. The van der Waals surface area contributed by atoms with E-state index in [4.69, 9.17) is 4.74 Å². The minimum Gasteiger partial charge on any atom is -0.444 e. The van der Waals surface area contributed by atoms with Crippen LogP contribution in [0.5, 0.6) is 0 Å². The number of nitro groups is 1. The van der Waals surface area contributed by atoms with E-state index >= 15 is 0 Å². The highest BCUT2D eigenvalue weighted by molar-refractivity contribution is 5.68. The molecule has 0 saturated carbocycles. The molecule has 1 aliphatic rings. The SMILES string of the molecule is CC(C)(C)OC(=O)N1CCC(Nc2cc(F)cc([N+](=O)[O-])c2)C1. The Morgan fingerprint density at radius 3 is 2.74 bits per heavy atom. The summed E-state index contributed by atoms with van der Waals surface area (Å²) in [7, 11) is 0. The van der Waals surface area contributed by atoms with Crippen LogP contribution in [0.15, 0.2) is 18.2 Å². The van der Waals surface area contributed by atoms with Crippen molar-refractivity contribution in [2.24, 2.45) is 0 Å². The molecule has 1 heterocycles. The van der Waals surface area contributed by atoms with Crippen molar-refractivity contribution >= 4 is 17.5 Å². The van der Waals surface area contributed by atoms with Crippen molar-refractivity contribution in [3.63, 3.8) is 0 Å².